The van der Waals surface area contributed by atoms with Gasteiger partial charge in [-0.3, -0.25) is 4.57 Å². The van der Waals surface area contributed by atoms with Gasteiger partial charge in [-0.25, -0.2) is 4.79 Å². The van der Waals surface area contributed by atoms with Crippen molar-refractivity contribution in [3.05, 3.63) is 28.7 Å². The molecule has 0 spiro atoms. The van der Waals surface area contributed by atoms with Crippen molar-refractivity contribution in [3.8, 4) is 5.75 Å². The number of ether oxygens (including phenoxy) is 1. The Morgan fingerprint density at radius 2 is 2.28 bits per heavy atom. The molecule has 96 valence electrons. The molecule has 0 saturated carbocycles. The van der Waals surface area contributed by atoms with Crippen molar-refractivity contribution < 1.29 is 4.74 Å². The average Bonchev–Trinajstić information content (AvgIpc) is 2.91. The van der Waals surface area contributed by atoms with Gasteiger partial charge in [0.1, 0.15) is 11.3 Å². The lowest BCUT2D eigenvalue weighted by Gasteiger charge is -2.12. The highest BCUT2D eigenvalue weighted by atomic mass is 16.5. The molecule has 1 saturated heterocycles. The molecule has 0 radical (unpaired) electrons. The van der Waals surface area contributed by atoms with Crippen molar-refractivity contribution in [2.75, 3.05) is 27.2 Å². The SMILES string of the molecule is COc1cccc2c1[nH]c(=O)n2C1CCN(C)C1. The lowest BCUT2D eigenvalue weighted by atomic mass is 10.2. The number of aromatic amines is 1. The third-order valence-electron chi connectivity index (χ3n) is 3.67. The zero-order chi connectivity index (χ0) is 12.7. The molecule has 1 aliphatic heterocycles. The van der Waals surface area contributed by atoms with Crippen LogP contribution in [0.5, 0.6) is 5.75 Å². The van der Waals surface area contributed by atoms with Crippen molar-refractivity contribution in [1.29, 1.82) is 0 Å². The van der Waals surface area contributed by atoms with Gasteiger partial charge < -0.3 is 14.6 Å². The molecule has 18 heavy (non-hydrogen) atoms. The summed E-state index contributed by atoms with van der Waals surface area (Å²) in [5.74, 6) is 0.717. The van der Waals surface area contributed by atoms with E-state index in [1.165, 1.54) is 0 Å². The van der Waals surface area contributed by atoms with E-state index in [0.29, 0.717) is 0 Å². The van der Waals surface area contributed by atoms with Crippen LogP contribution in [0.3, 0.4) is 0 Å². The summed E-state index contributed by atoms with van der Waals surface area (Å²) in [6.07, 6.45) is 1.01. The number of methoxy groups -OCH3 is 1. The molecule has 1 aliphatic rings. The number of rotatable bonds is 2. The molecule has 1 atom stereocenters. The third-order valence-corrected chi connectivity index (χ3v) is 3.67. The van der Waals surface area contributed by atoms with E-state index in [0.717, 1.165) is 36.3 Å². The minimum absolute atomic E-state index is 0.0465. The molecule has 2 heterocycles. The Labute approximate surface area is 105 Å². The Morgan fingerprint density at radius 3 is 2.94 bits per heavy atom. The fraction of sp³-hybridized carbons (Fsp3) is 0.462. The highest BCUT2D eigenvalue weighted by Crippen LogP contribution is 2.27. The first-order valence-corrected chi connectivity index (χ1v) is 6.16. The molecule has 5 heteroatoms. The molecular weight excluding hydrogens is 230 g/mol. The van der Waals surface area contributed by atoms with E-state index >= 15 is 0 Å². The predicted octanol–water partition coefficient (Wildman–Crippen LogP) is 1.21. The third kappa shape index (κ3) is 1.62. The predicted molar refractivity (Wildman–Crippen MR) is 70.3 cm³/mol. The van der Waals surface area contributed by atoms with Gasteiger partial charge >= 0.3 is 5.69 Å². The summed E-state index contributed by atoms with van der Waals surface area (Å²) >= 11 is 0. The lowest BCUT2D eigenvalue weighted by Crippen LogP contribution is -2.24. The second kappa shape index (κ2) is 4.17. The minimum Gasteiger partial charge on any atom is -0.494 e. The summed E-state index contributed by atoms with van der Waals surface area (Å²) in [4.78, 5) is 17.3. The molecule has 0 amide bonds. The maximum atomic E-state index is 12.1. The van der Waals surface area contributed by atoms with Crippen molar-refractivity contribution in [2.24, 2.45) is 0 Å². The highest BCUT2D eigenvalue weighted by Gasteiger charge is 2.24. The van der Waals surface area contributed by atoms with Crippen LogP contribution >= 0.6 is 0 Å². The van der Waals surface area contributed by atoms with Gasteiger partial charge in [-0.2, -0.15) is 0 Å². The molecule has 1 aromatic heterocycles. The van der Waals surface area contributed by atoms with Crippen LogP contribution in [0.1, 0.15) is 12.5 Å². The average molecular weight is 247 g/mol. The maximum absolute atomic E-state index is 12.1. The van der Waals surface area contributed by atoms with Crippen LogP contribution in [0.25, 0.3) is 11.0 Å². The molecule has 0 bridgehead atoms. The van der Waals surface area contributed by atoms with Crippen LogP contribution in [0.4, 0.5) is 0 Å². The molecule has 0 aliphatic carbocycles. The highest BCUT2D eigenvalue weighted by molar-refractivity contribution is 5.82. The van der Waals surface area contributed by atoms with E-state index in [2.05, 4.69) is 16.9 Å². The first-order valence-electron chi connectivity index (χ1n) is 6.16. The molecule has 1 aromatic carbocycles. The number of aromatic nitrogens is 2. The topological polar surface area (TPSA) is 50.3 Å². The molecule has 1 N–H and O–H groups in total. The van der Waals surface area contributed by atoms with Crippen molar-refractivity contribution in [3.63, 3.8) is 0 Å². The molecule has 2 aromatic rings. The summed E-state index contributed by atoms with van der Waals surface area (Å²) < 4.78 is 7.15. The fourth-order valence-corrected chi connectivity index (χ4v) is 2.78. The molecule has 5 nitrogen and oxygen atoms in total. The van der Waals surface area contributed by atoms with Crippen LogP contribution in [0.15, 0.2) is 23.0 Å². The zero-order valence-electron chi connectivity index (χ0n) is 10.6. The standard InChI is InChI=1S/C13H17N3O2/c1-15-7-6-9(8-15)16-10-4-3-5-11(18-2)12(10)14-13(16)17/h3-5,9H,6-8H2,1-2H3,(H,14,17). The number of benzene rings is 1. The van der Waals surface area contributed by atoms with Crippen molar-refractivity contribution in [1.82, 2.24) is 14.5 Å². The van der Waals surface area contributed by atoms with E-state index in [1.807, 2.05) is 22.8 Å². The van der Waals surface area contributed by atoms with Crippen molar-refractivity contribution in [2.45, 2.75) is 12.5 Å². The molecule has 1 unspecified atom stereocenters. The number of nitrogens with one attached hydrogen (secondary N) is 1. The Hall–Kier alpha value is -1.75. The zero-order valence-corrected chi connectivity index (χ0v) is 10.6. The van der Waals surface area contributed by atoms with Gasteiger partial charge in [-0.15, -0.1) is 0 Å². The summed E-state index contributed by atoms with van der Waals surface area (Å²) in [6.45, 7) is 1.96. The van der Waals surface area contributed by atoms with E-state index in [9.17, 15) is 4.79 Å². The van der Waals surface area contributed by atoms with Gasteiger partial charge in [0.2, 0.25) is 0 Å². The summed E-state index contributed by atoms with van der Waals surface area (Å²) in [7, 11) is 3.70. The monoisotopic (exact) mass is 247 g/mol. The quantitative estimate of drug-likeness (QED) is 0.868. The number of likely N-dealkylation sites (N-methyl/N-ethyl adjacent to an activating group) is 1. The van der Waals surface area contributed by atoms with Crippen LogP contribution in [0, 0.1) is 0 Å². The first kappa shape index (κ1) is 11.3. The van der Waals surface area contributed by atoms with Crippen LogP contribution < -0.4 is 10.4 Å². The van der Waals surface area contributed by atoms with Crippen LogP contribution in [0.2, 0.25) is 0 Å². The Morgan fingerprint density at radius 1 is 1.44 bits per heavy atom. The van der Waals surface area contributed by atoms with Gasteiger partial charge in [-0.05, 0) is 32.1 Å². The summed E-state index contributed by atoms with van der Waals surface area (Å²) in [5.41, 5.74) is 1.68. The molecular formula is C13H17N3O2. The maximum Gasteiger partial charge on any atom is 0.326 e. The second-order valence-corrected chi connectivity index (χ2v) is 4.86. The van der Waals surface area contributed by atoms with Gasteiger partial charge in [0.15, 0.2) is 0 Å². The number of para-hydroxylation sites is 1. The van der Waals surface area contributed by atoms with E-state index < -0.39 is 0 Å². The fourth-order valence-electron chi connectivity index (χ4n) is 2.78. The Kier molecular flexibility index (Phi) is 2.63. The number of H-pyrrole nitrogens is 1. The van der Waals surface area contributed by atoms with Gasteiger partial charge in [0, 0.05) is 6.54 Å². The van der Waals surface area contributed by atoms with Gasteiger partial charge in [0.05, 0.1) is 18.7 Å². The number of hydrogen-bond donors (Lipinski definition) is 1. The second-order valence-electron chi connectivity index (χ2n) is 4.86. The smallest absolute Gasteiger partial charge is 0.326 e. The van der Waals surface area contributed by atoms with Gasteiger partial charge in [0.25, 0.3) is 0 Å². The summed E-state index contributed by atoms with van der Waals surface area (Å²) in [6, 6.07) is 6.00. The van der Waals surface area contributed by atoms with E-state index in [1.54, 1.807) is 7.11 Å². The number of imidazole rings is 1. The Bertz CT molecular complexity index is 629. The van der Waals surface area contributed by atoms with Crippen LogP contribution in [-0.2, 0) is 0 Å². The molecule has 1 fully saturated rings. The lowest BCUT2D eigenvalue weighted by molar-refractivity contribution is 0.392. The molecule has 3 rings (SSSR count). The largest absolute Gasteiger partial charge is 0.494 e. The first-order chi connectivity index (χ1) is 8.70. The normalized spacial score (nSPS) is 20.7. The van der Waals surface area contributed by atoms with Gasteiger partial charge in [-0.1, -0.05) is 6.07 Å². The van der Waals surface area contributed by atoms with E-state index in [-0.39, 0.29) is 11.7 Å². The number of fused-ring (bicyclic) bond motifs is 1. The number of nitrogens with zero attached hydrogens (tertiary/aromatic N) is 2. The summed E-state index contributed by atoms with van der Waals surface area (Å²) in [5, 5.41) is 0. The number of hydrogen-bond acceptors (Lipinski definition) is 3. The minimum atomic E-state index is -0.0465. The van der Waals surface area contributed by atoms with Crippen LogP contribution in [-0.4, -0.2) is 41.7 Å². The van der Waals surface area contributed by atoms with E-state index in [4.69, 9.17) is 4.74 Å². The van der Waals surface area contributed by atoms with Crippen molar-refractivity contribution >= 4 is 11.0 Å². The Balaban J connectivity index is 2.17. The number of likely N-dealkylation sites (tertiary alicyclic amines) is 1.